The molecule has 0 radical (unpaired) electrons. The van der Waals surface area contributed by atoms with E-state index in [1.54, 1.807) is 10.4 Å². The van der Waals surface area contributed by atoms with Crippen LogP contribution in [0.5, 0.6) is 5.75 Å². The Hall–Kier alpha value is -1.07. The zero-order chi connectivity index (χ0) is 17.6. The van der Waals surface area contributed by atoms with Gasteiger partial charge in [0.15, 0.2) is 0 Å². The maximum atomic E-state index is 13.2. The molecule has 0 N–H and O–H groups in total. The molecule has 0 saturated carbocycles. The molecule has 0 atom stereocenters. The minimum absolute atomic E-state index is 0.337. The van der Waals surface area contributed by atoms with Crippen LogP contribution < -0.4 is 4.74 Å². The van der Waals surface area contributed by atoms with Gasteiger partial charge in [-0.2, -0.15) is 4.31 Å². The van der Waals surface area contributed by atoms with Crippen LogP contribution in [-0.2, 0) is 10.0 Å². The van der Waals surface area contributed by atoms with Crippen LogP contribution in [0, 0.1) is 13.8 Å². The van der Waals surface area contributed by atoms with Crippen LogP contribution in [0.25, 0.3) is 0 Å². The van der Waals surface area contributed by atoms with Gasteiger partial charge in [0, 0.05) is 13.1 Å². The van der Waals surface area contributed by atoms with E-state index < -0.39 is 10.0 Å². The minimum Gasteiger partial charge on any atom is -0.492 e. The Bertz CT molecular complexity index is 632. The Labute approximate surface area is 147 Å². The first-order valence-electron chi connectivity index (χ1n) is 9.21. The number of hydrogen-bond acceptors (Lipinski definition) is 3. The van der Waals surface area contributed by atoms with Crippen molar-refractivity contribution < 1.29 is 13.2 Å². The maximum absolute atomic E-state index is 13.2. The third-order valence-electron chi connectivity index (χ3n) is 4.75. The normalized spacial score (nSPS) is 16.8. The fourth-order valence-corrected chi connectivity index (χ4v) is 4.75. The van der Waals surface area contributed by atoms with Crippen molar-refractivity contribution in [1.82, 2.24) is 4.31 Å². The number of rotatable bonds is 7. The number of unbranched alkanes of at least 4 members (excludes halogenated alkanes) is 2. The second-order valence-electron chi connectivity index (χ2n) is 6.76. The van der Waals surface area contributed by atoms with Crippen molar-refractivity contribution in [3.05, 3.63) is 23.3 Å². The summed E-state index contributed by atoms with van der Waals surface area (Å²) in [5, 5.41) is 0. The van der Waals surface area contributed by atoms with Gasteiger partial charge in [-0.05, 0) is 56.4 Å². The van der Waals surface area contributed by atoms with Gasteiger partial charge in [-0.15, -0.1) is 0 Å². The average molecular weight is 354 g/mol. The molecular weight excluding hydrogens is 322 g/mol. The van der Waals surface area contributed by atoms with Crippen LogP contribution in [0.2, 0.25) is 0 Å². The van der Waals surface area contributed by atoms with Crippen LogP contribution in [0.3, 0.4) is 0 Å². The van der Waals surface area contributed by atoms with Gasteiger partial charge in [0.05, 0.1) is 6.61 Å². The number of aryl methyl sites for hydroxylation is 2. The summed E-state index contributed by atoms with van der Waals surface area (Å²) in [5.41, 5.74) is 2.06. The standard InChI is InChI=1S/C19H31NO3S/c1-4-5-10-13-23-18-14-16(2)17(3)15-19(18)24(21,22)20-11-8-6-7-9-12-20/h14-15H,4-13H2,1-3H3. The Kier molecular flexibility index (Phi) is 7.11. The Morgan fingerprint density at radius 3 is 2.25 bits per heavy atom. The first-order valence-corrected chi connectivity index (χ1v) is 10.6. The van der Waals surface area contributed by atoms with Crippen LogP contribution in [0.15, 0.2) is 17.0 Å². The highest BCUT2D eigenvalue weighted by Gasteiger charge is 2.28. The van der Waals surface area contributed by atoms with Crippen LogP contribution in [0.4, 0.5) is 0 Å². The molecule has 0 amide bonds. The van der Waals surface area contributed by atoms with Gasteiger partial charge < -0.3 is 4.74 Å². The highest BCUT2D eigenvalue weighted by Crippen LogP contribution is 2.31. The topological polar surface area (TPSA) is 46.6 Å². The minimum atomic E-state index is -3.49. The van der Waals surface area contributed by atoms with E-state index in [-0.39, 0.29) is 0 Å². The third-order valence-corrected chi connectivity index (χ3v) is 6.67. The van der Waals surface area contributed by atoms with E-state index in [0.717, 1.165) is 56.1 Å². The summed E-state index contributed by atoms with van der Waals surface area (Å²) in [5.74, 6) is 0.512. The van der Waals surface area contributed by atoms with Gasteiger partial charge in [0.2, 0.25) is 10.0 Å². The number of ether oxygens (including phenoxy) is 1. The fourth-order valence-electron chi connectivity index (χ4n) is 3.03. The molecule has 1 aliphatic rings. The molecule has 0 bridgehead atoms. The molecule has 4 nitrogen and oxygen atoms in total. The summed E-state index contributed by atoms with van der Waals surface area (Å²) in [4.78, 5) is 0.337. The highest BCUT2D eigenvalue weighted by molar-refractivity contribution is 7.89. The van der Waals surface area contributed by atoms with Gasteiger partial charge in [-0.3, -0.25) is 0 Å². The molecule has 5 heteroatoms. The summed E-state index contributed by atoms with van der Waals surface area (Å²) >= 11 is 0. The highest BCUT2D eigenvalue weighted by atomic mass is 32.2. The lowest BCUT2D eigenvalue weighted by molar-refractivity contribution is 0.297. The largest absolute Gasteiger partial charge is 0.492 e. The number of benzene rings is 1. The quantitative estimate of drug-likeness (QED) is 0.681. The lowest BCUT2D eigenvalue weighted by atomic mass is 10.1. The van der Waals surface area contributed by atoms with Crippen molar-refractivity contribution in [2.75, 3.05) is 19.7 Å². The second-order valence-corrected chi connectivity index (χ2v) is 8.66. The molecule has 2 rings (SSSR count). The molecule has 0 aliphatic carbocycles. The first-order chi connectivity index (χ1) is 11.5. The molecule has 1 aromatic rings. The van der Waals surface area contributed by atoms with Crippen LogP contribution >= 0.6 is 0 Å². The second kappa shape index (κ2) is 8.86. The van der Waals surface area contributed by atoms with E-state index >= 15 is 0 Å². The Balaban J connectivity index is 2.30. The van der Waals surface area contributed by atoms with E-state index in [2.05, 4.69) is 6.92 Å². The van der Waals surface area contributed by atoms with Crippen LogP contribution in [0.1, 0.15) is 63.0 Å². The molecule has 1 heterocycles. The predicted molar refractivity (Wildman–Crippen MR) is 98.2 cm³/mol. The van der Waals surface area contributed by atoms with Crippen molar-refractivity contribution >= 4 is 10.0 Å². The number of hydrogen-bond donors (Lipinski definition) is 0. The molecule has 1 aromatic carbocycles. The van der Waals surface area contributed by atoms with E-state index in [4.69, 9.17) is 4.74 Å². The molecule has 136 valence electrons. The SMILES string of the molecule is CCCCCOc1cc(C)c(C)cc1S(=O)(=O)N1CCCCCC1. The first kappa shape index (κ1) is 19.3. The molecule has 24 heavy (non-hydrogen) atoms. The van der Waals surface area contributed by atoms with Crippen LogP contribution in [-0.4, -0.2) is 32.4 Å². The lowest BCUT2D eigenvalue weighted by Crippen LogP contribution is -2.32. The Morgan fingerprint density at radius 1 is 1.00 bits per heavy atom. The van der Waals surface area contributed by atoms with Gasteiger partial charge in [-0.25, -0.2) is 8.42 Å². The summed E-state index contributed by atoms with van der Waals surface area (Å²) in [6, 6.07) is 3.66. The van der Waals surface area contributed by atoms with Crippen molar-refractivity contribution in [3.8, 4) is 5.75 Å². The number of nitrogens with zero attached hydrogens (tertiary/aromatic N) is 1. The van der Waals surface area contributed by atoms with E-state index in [0.29, 0.717) is 30.3 Å². The monoisotopic (exact) mass is 353 g/mol. The van der Waals surface area contributed by atoms with Gasteiger partial charge in [0.1, 0.15) is 10.6 Å². The smallest absolute Gasteiger partial charge is 0.246 e. The Morgan fingerprint density at radius 2 is 1.62 bits per heavy atom. The van der Waals surface area contributed by atoms with E-state index in [9.17, 15) is 8.42 Å². The van der Waals surface area contributed by atoms with Gasteiger partial charge >= 0.3 is 0 Å². The van der Waals surface area contributed by atoms with Gasteiger partial charge in [-0.1, -0.05) is 32.6 Å². The summed E-state index contributed by atoms with van der Waals surface area (Å²) < 4.78 is 33.8. The molecule has 1 fully saturated rings. The number of sulfonamides is 1. The summed E-state index contributed by atoms with van der Waals surface area (Å²) in [7, 11) is -3.49. The van der Waals surface area contributed by atoms with Crippen molar-refractivity contribution in [3.63, 3.8) is 0 Å². The van der Waals surface area contributed by atoms with E-state index in [1.165, 1.54) is 0 Å². The zero-order valence-electron chi connectivity index (χ0n) is 15.3. The van der Waals surface area contributed by atoms with E-state index in [1.807, 2.05) is 19.9 Å². The fraction of sp³-hybridized carbons (Fsp3) is 0.684. The zero-order valence-corrected chi connectivity index (χ0v) is 16.1. The molecule has 1 aliphatic heterocycles. The molecule has 0 aromatic heterocycles. The summed E-state index contributed by atoms with van der Waals surface area (Å²) in [6.07, 6.45) is 7.27. The lowest BCUT2D eigenvalue weighted by Gasteiger charge is -2.22. The maximum Gasteiger partial charge on any atom is 0.246 e. The van der Waals surface area contributed by atoms with Crippen molar-refractivity contribution in [2.45, 2.75) is 70.6 Å². The average Bonchev–Trinajstić information content (AvgIpc) is 2.84. The molecule has 0 unspecified atom stereocenters. The summed E-state index contributed by atoms with van der Waals surface area (Å²) in [6.45, 7) is 7.90. The molecule has 1 saturated heterocycles. The van der Waals surface area contributed by atoms with Crippen molar-refractivity contribution in [2.24, 2.45) is 0 Å². The third kappa shape index (κ3) is 4.73. The predicted octanol–water partition coefficient (Wildman–Crippen LogP) is 4.44. The van der Waals surface area contributed by atoms with Crippen molar-refractivity contribution in [1.29, 1.82) is 0 Å². The van der Waals surface area contributed by atoms with Gasteiger partial charge in [0.25, 0.3) is 0 Å². The molecular formula is C19H31NO3S. The molecule has 0 spiro atoms.